The van der Waals surface area contributed by atoms with E-state index in [0.717, 1.165) is 24.8 Å². The fourth-order valence-electron chi connectivity index (χ4n) is 1.96. The highest BCUT2D eigenvalue weighted by atomic mass is 16.4. The van der Waals surface area contributed by atoms with Crippen LogP contribution in [0.2, 0.25) is 0 Å². The second-order valence-electron chi connectivity index (χ2n) is 3.89. The Morgan fingerprint density at radius 3 is 2.50 bits per heavy atom. The SMILES string of the molecule is ON=CC1=C(C=Cc2ccccc2)CCC1. The van der Waals surface area contributed by atoms with Gasteiger partial charge in [-0.05, 0) is 36.0 Å². The average Bonchev–Trinajstić information content (AvgIpc) is 2.76. The Morgan fingerprint density at radius 1 is 1.00 bits per heavy atom. The summed E-state index contributed by atoms with van der Waals surface area (Å²) in [6.07, 6.45) is 9.02. The van der Waals surface area contributed by atoms with Crippen molar-refractivity contribution in [2.45, 2.75) is 19.3 Å². The summed E-state index contributed by atoms with van der Waals surface area (Å²) < 4.78 is 0. The largest absolute Gasteiger partial charge is 0.411 e. The first-order chi connectivity index (χ1) is 7.90. The maximum atomic E-state index is 8.54. The molecule has 0 saturated carbocycles. The van der Waals surface area contributed by atoms with Crippen molar-refractivity contribution < 1.29 is 5.21 Å². The molecule has 0 spiro atoms. The van der Waals surface area contributed by atoms with Crippen molar-refractivity contribution in [1.29, 1.82) is 0 Å². The predicted molar refractivity (Wildman–Crippen MR) is 66.6 cm³/mol. The molecule has 0 aromatic heterocycles. The Balaban J connectivity index is 2.15. The second kappa shape index (κ2) is 5.31. The third kappa shape index (κ3) is 2.60. The molecule has 0 saturated heterocycles. The molecule has 0 radical (unpaired) electrons. The molecule has 1 aromatic rings. The van der Waals surface area contributed by atoms with Gasteiger partial charge in [0, 0.05) is 0 Å². The first kappa shape index (κ1) is 10.7. The lowest BCUT2D eigenvalue weighted by molar-refractivity contribution is 0.321. The van der Waals surface area contributed by atoms with E-state index in [4.69, 9.17) is 5.21 Å². The minimum Gasteiger partial charge on any atom is -0.411 e. The van der Waals surface area contributed by atoms with Crippen molar-refractivity contribution in [2.24, 2.45) is 5.16 Å². The smallest absolute Gasteiger partial charge is 0.0696 e. The van der Waals surface area contributed by atoms with E-state index in [9.17, 15) is 0 Å². The highest BCUT2D eigenvalue weighted by Gasteiger charge is 2.10. The number of allylic oxidation sites excluding steroid dienone is 3. The van der Waals surface area contributed by atoms with Gasteiger partial charge in [0.05, 0.1) is 6.21 Å². The Bertz CT molecular complexity index is 429. The maximum Gasteiger partial charge on any atom is 0.0696 e. The topological polar surface area (TPSA) is 32.6 Å². The van der Waals surface area contributed by atoms with Gasteiger partial charge < -0.3 is 5.21 Å². The molecule has 82 valence electrons. The molecule has 1 aliphatic rings. The van der Waals surface area contributed by atoms with Crippen LogP contribution in [0.5, 0.6) is 0 Å². The molecule has 2 rings (SSSR count). The van der Waals surface area contributed by atoms with Gasteiger partial charge in [0.1, 0.15) is 0 Å². The molecular formula is C14H15NO. The molecule has 1 aliphatic carbocycles. The average molecular weight is 213 g/mol. The highest BCUT2D eigenvalue weighted by Crippen LogP contribution is 2.26. The lowest BCUT2D eigenvalue weighted by Crippen LogP contribution is -1.82. The van der Waals surface area contributed by atoms with Gasteiger partial charge in [0.15, 0.2) is 0 Å². The van der Waals surface area contributed by atoms with Crippen LogP contribution in [0.3, 0.4) is 0 Å². The molecule has 0 fully saturated rings. The summed E-state index contributed by atoms with van der Waals surface area (Å²) in [5, 5.41) is 11.6. The summed E-state index contributed by atoms with van der Waals surface area (Å²) in [5.41, 5.74) is 3.62. The number of hydrogen-bond donors (Lipinski definition) is 1. The molecule has 1 aromatic carbocycles. The Hall–Kier alpha value is -1.83. The minimum atomic E-state index is 1.01. The number of oxime groups is 1. The van der Waals surface area contributed by atoms with Crippen LogP contribution in [0, 0.1) is 0 Å². The van der Waals surface area contributed by atoms with Gasteiger partial charge in [-0.15, -0.1) is 0 Å². The lowest BCUT2D eigenvalue weighted by atomic mass is 10.1. The van der Waals surface area contributed by atoms with Crippen LogP contribution in [-0.4, -0.2) is 11.4 Å². The fraction of sp³-hybridized carbons (Fsp3) is 0.214. The van der Waals surface area contributed by atoms with Crippen LogP contribution in [0.4, 0.5) is 0 Å². The normalized spacial score (nSPS) is 16.8. The Morgan fingerprint density at radius 2 is 1.75 bits per heavy atom. The van der Waals surface area contributed by atoms with Gasteiger partial charge in [-0.25, -0.2) is 0 Å². The van der Waals surface area contributed by atoms with E-state index in [2.05, 4.69) is 29.4 Å². The highest BCUT2D eigenvalue weighted by molar-refractivity contribution is 5.81. The molecule has 2 heteroatoms. The van der Waals surface area contributed by atoms with Gasteiger partial charge in [0.2, 0.25) is 0 Å². The zero-order chi connectivity index (χ0) is 11.2. The summed E-state index contributed by atoms with van der Waals surface area (Å²) >= 11 is 0. The summed E-state index contributed by atoms with van der Waals surface area (Å²) in [6, 6.07) is 10.2. The van der Waals surface area contributed by atoms with Crippen LogP contribution in [0.15, 0.2) is 52.7 Å². The van der Waals surface area contributed by atoms with Crippen molar-refractivity contribution in [3.63, 3.8) is 0 Å². The molecule has 2 nitrogen and oxygen atoms in total. The molecule has 0 bridgehead atoms. The number of hydrogen-bond acceptors (Lipinski definition) is 2. The van der Waals surface area contributed by atoms with Crippen molar-refractivity contribution in [1.82, 2.24) is 0 Å². The second-order valence-corrected chi connectivity index (χ2v) is 3.89. The van der Waals surface area contributed by atoms with Crippen LogP contribution < -0.4 is 0 Å². The third-order valence-electron chi connectivity index (χ3n) is 2.79. The standard InChI is InChI=1S/C14H15NO/c16-15-11-14-8-4-7-13(14)10-9-12-5-2-1-3-6-12/h1-3,5-6,9-11,16H,4,7-8H2. The van der Waals surface area contributed by atoms with Crippen molar-refractivity contribution in [3.05, 3.63) is 53.1 Å². The quantitative estimate of drug-likeness (QED) is 0.464. The van der Waals surface area contributed by atoms with E-state index in [1.54, 1.807) is 6.21 Å². The van der Waals surface area contributed by atoms with Crippen LogP contribution >= 0.6 is 0 Å². The Kier molecular flexibility index (Phi) is 3.54. The summed E-state index contributed by atoms with van der Waals surface area (Å²) in [4.78, 5) is 0. The van der Waals surface area contributed by atoms with Crippen LogP contribution in [0.1, 0.15) is 24.8 Å². The van der Waals surface area contributed by atoms with Gasteiger partial charge >= 0.3 is 0 Å². The number of nitrogens with zero attached hydrogens (tertiary/aromatic N) is 1. The molecule has 1 N–H and O–H groups in total. The van der Waals surface area contributed by atoms with Gasteiger partial charge in [-0.3, -0.25) is 0 Å². The predicted octanol–water partition coefficient (Wildman–Crippen LogP) is 3.64. The molecule has 16 heavy (non-hydrogen) atoms. The van der Waals surface area contributed by atoms with E-state index in [-0.39, 0.29) is 0 Å². The van der Waals surface area contributed by atoms with E-state index < -0.39 is 0 Å². The Labute approximate surface area is 95.6 Å². The monoisotopic (exact) mass is 213 g/mol. The summed E-state index contributed by atoms with van der Waals surface area (Å²) in [7, 11) is 0. The van der Waals surface area contributed by atoms with Gasteiger partial charge in [0.25, 0.3) is 0 Å². The maximum absolute atomic E-state index is 8.54. The van der Waals surface area contributed by atoms with E-state index in [1.165, 1.54) is 11.1 Å². The molecule has 0 atom stereocenters. The fourth-order valence-corrected chi connectivity index (χ4v) is 1.96. The van der Waals surface area contributed by atoms with Crippen molar-refractivity contribution in [2.75, 3.05) is 0 Å². The van der Waals surface area contributed by atoms with Crippen LogP contribution in [0.25, 0.3) is 6.08 Å². The van der Waals surface area contributed by atoms with E-state index >= 15 is 0 Å². The lowest BCUT2D eigenvalue weighted by Gasteiger charge is -1.96. The zero-order valence-electron chi connectivity index (χ0n) is 9.13. The molecule has 0 aliphatic heterocycles. The number of benzene rings is 1. The van der Waals surface area contributed by atoms with Gasteiger partial charge in [-0.1, -0.05) is 47.6 Å². The summed E-state index contributed by atoms with van der Waals surface area (Å²) in [5.74, 6) is 0. The van der Waals surface area contributed by atoms with Crippen molar-refractivity contribution >= 4 is 12.3 Å². The molecule has 0 heterocycles. The minimum absolute atomic E-state index is 1.01. The first-order valence-electron chi connectivity index (χ1n) is 5.53. The number of rotatable bonds is 3. The van der Waals surface area contributed by atoms with E-state index in [1.807, 2.05) is 18.2 Å². The molecule has 0 amide bonds. The van der Waals surface area contributed by atoms with Crippen LogP contribution in [-0.2, 0) is 0 Å². The summed E-state index contributed by atoms with van der Waals surface area (Å²) in [6.45, 7) is 0. The van der Waals surface area contributed by atoms with Gasteiger partial charge in [-0.2, -0.15) is 0 Å². The van der Waals surface area contributed by atoms with E-state index in [0.29, 0.717) is 0 Å². The molecular weight excluding hydrogens is 198 g/mol. The first-order valence-corrected chi connectivity index (χ1v) is 5.53. The van der Waals surface area contributed by atoms with Crippen molar-refractivity contribution in [3.8, 4) is 0 Å². The zero-order valence-corrected chi connectivity index (χ0v) is 9.13. The third-order valence-corrected chi connectivity index (χ3v) is 2.79. The molecule has 0 unspecified atom stereocenters.